The Morgan fingerprint density at radius 1 is 1.24 bits per heavy atom. The molecule has 0 fully saturated rings. The van der Waals surface area contributed by atoms with Gasteiger partial charge in [-0.3, -0.25) is 14.4 Å². The van der Waals surface area contributed by atoms with Gasteiger partial charge in [-0.05, 0) is 43.0 Å². The van der Waals surface area contributed by atoms with Crippen LogP contribution in [0.2, 0.25) is 0 Å². The molecule has 0 saturated carbocycles. The molecule has 130 valence electrons. The molecule has 1 heterocycles. The number of carbonyl (C=O) groups is 2. The Kier molecular flexibility index (Phi) is 4.44. The summed E-state index contributed by atoms with van der Waals surface area (Å²) in [6, 6.07) is 6.77. The molecule has 0 aliphatic heterocycles. The normalized spacial score (nSPS) is 16.3. The van der Waals surface area contributed by atoms with Crippen LogP contribution >= 0.6 is 0 Å². The largest absolute Gasteiger partial charge is 0.495 e. The molecule has 1 unspecified atom stereocenters. The van der Waals surface area contributed by atoms with E-state index in [1.54, 1.807) is 12.1 Å². The Labute approximate surface area is 145 Å². The number of H-pyrrole nitrogens is 1. The zero-order valence-electron chi connectivity index (χ0n) is 14.4. The van der Waals surface area contributed by atoms with Gasteiger partial charge in [0.15, 0.2) is 5.78 Å². The van der Waals surface area contributed by atoms with E-state index in [9.17, 15) is 14.4 Å². The first-order valence-corrected chi connectivity index (χ1v) is 8.14. The molecule has 2 N–H and O–H groups in total. The molecular weight excluding hydrogens is 320 g/mol. The van der Waals surface area contributed by atoms with Gasteiger partial charge >= 0.3 is 0 Å². The number of rotatable bonds is 3. The fourth-order valence-corrected chi connectivity index (χ4v) is 3.10. The molecule has 1 aromatic carbocycles. The predicted octanol–water partition coefficient (Wildman–Crippen LogP) is 2.71. The van der Waals surface area contributed by atoms with Gasteiger partial charge < -0.3 is 15.0 Å². The summed E-state index contributed by atoms with van der Waals surface area (Å²) in [6.45, 7) is 3.85. The number of methoxy groups -OCH3 is 1. The molecule has 6 heteroatoms. The van der Waals surface area contributed by atoms with E-state index in [0.29, 0.717) is 35.5 Å². The lowest BCUT2D eigenvalue weighted by molar-refractivity contribution is 0.0952. The molecule has 0 saturated heterocycles. The van der Waals surface area contributed by atoms with Crippen LogP contribution in [0.5, 0.6) is 5.75 Å². The molecule has 1 aliphatic carbocycles. The number of hydrogen-bond donors (Lipinski definition) is 2. The van der Waals surface area contributed by atoms with Crippen LogP contribution in [0.1, 0.15) is 45.3 Å². The SMILES string of the molecule is COc1ccc(C)cc1NC(=O)c1cc2c([nH]c1=O)CC(C)CC2=O. The Morgan fingerprint density at radius 2 is 2.00 bits per heavy atom. The minimum atomic E-state index is -0.570. The second-order valence-electron chi connectivity index (χ2n) is 6.50. The number of fused-ring (bicyclic) bond motifs is 1. The first-order chi connectivity index (χ1) is 11.9. The van der Waals surface area contributed by atoms with E-state index in [0.717, 1.165) is 5.56 Å². The summed E-state index contributed by atoms with van der Waals surface area (Å²) in [5, 5.41) is 2.69. The second-order valence-corrected chi connectivity index (χ2v) is 6.50. The second kappa shape index (κ2) is 6.55. The van der Waals surface area contributed by atoms with Gasteiger partial charge in [0.05, 0.1) is 12.8 Å². The highest BCUT2D eigenvalue weighted by molar-refractivity contribution is 6.07. The summed E-state index contributed by atoms with van der Waals surface area (Å²) in [4.78, 5) is 39.8. The zero-order chi connectivity index (χ0) is 18.1. The van der Waals surface area contributed by atoms with Crippen LogP contribution in [0.25, 0.3) is 0 Å². The van der Waals surface area contributed by atoms with Gasteiger partial charge in [0, 0.05) is 17.7 Å². The topological polar surface area (TPSA) is 88.3 Å². The van der Waals surface area contributed by atoms with E-state index < -0.39 is 11.5 Å². The van der Waals surface area contributed by atoms with Crippen molar-refractivity contribution < 1.29 is 14.3 Å². The molecule has 3 rings (SSSR count). The van der Waals surface area contributed by atoms with Crippen molar-refractivity contribution in [1.29, 1.82) is 0 Å². The van der Waals surface area contributed by atoms with Crippen molar-refractivity contribution in [2.45, 2.75) is 26.7 Å². The summed E-state index contributed by atoms with van der Waals surface area (Å²) >= 11 is 0. The van der Waals surface area contributed by atoms with Crippen molar-refractivity contribution in [2.24, 2.45) is 5.92 Å². The summed E-state index contributed by atoms with van der Waals surface area (Å²) in [6.07, 6.45) is 1.05. The van der Waals surface area contributed by atoms with E-state index >= 15 is 0 Å². The fraction of sp³-hybridized carbons (Fsp3) is 0.316. The monoisotopic (exact) mass is 340 g/mol. The smallest absolute Gasteiger partial charge is 0.261 e. The van der Waals surface area contributed by atoms with Gasteiger partial charge in [-0.1, -0.05) is 13.0 Å². The Bertz CT molecular complexity index is 914. The molecule has 1 amide bonds. The molecule has 0 spiro atoms. The quantitative estimate of drug-likeness (QED) is 0.899. The maximum absolute atomic E-state index is 12.6. The van der Waals surface area contributed by atoms with Gasteiger partial charge in [-0.2, -0.15) is 0 Å². The number of nitrogens with one attached hydrogen (secondary N) is 2. The number of carbonyl (C=O) groups excluding carboxylic acids is 2. The van der Waals surface area contributed by atoms with Crippen molar-refractivity contribution in [3.8, 4) is 5.75 Å². The minimum absolute atomic E-state index is 0.0489. The Balaban J connectivity index is 1.96. The van der Waals surface area contributed by atoms with Gasteiger partial charge in [0.25, 0.3) is 11.5 Å². The van der Waals surface area contributed by atoms with Crippen LogP contribution in [-0.4, -0.2) is 23.8 Å². The molecule has 1 aromatic heterocycles. The highest BCUT2D eigenvalue weighted by Crippen LogP contribution is 2.26. The van der Waals surface area contributed by atoms with Gasteiger partial charge in [0.2, 0.25) is 0 Å². The van der Waals surface area contributed by atoms with Crippen molar-refractivity contribution in [2.75, 3.05) is 12.4 Å². The molecule has 0 radical (unpaired) electrons. The number of Topliss-reactive ketones (excluding diaryl/α,β-unsaturated/α-hetero) is 1. The third kappa shape index (κ3) is 3.33. The lowest BCUT2D eigenvalue weighted by atomic mass is 9.86. The predicted molar refractivity (Wildman–Crippen MR) is 94.6 cm³/mol. The van der Waals surface area contributed by atoms with Crippen LogP contribution in [0, 0.1) is 12.8 Å². The molecule has 6 nitrogen and oxygen atoms in total. The van der Waals surface area contributed by atoms with Crippen molar-refractivity contribution in [3.05, 3.63) is 57.0 Å². The lowest BCUT2D eigenvalue weighted by Gasteiger charge is -2.20. The number of aromatic amines is 1. The Morgan fingerprint density at radius 3 is 2.72 bits per heavy atom. The Hall–Kier alpha value is -2.89. The molecule has 1 atom stereocenters. The van der Waals surface area contributed by atoms with Gasteiger partial charge in [-0.25, -0.2) is 0 Å². The van der Waals surface area contributed by atoms with Crippen LogP contribution in [-0.2, 0) is 6.42 Å². The third-order valence-corrected chi connectivity index (χ3v) is 4.36. The molecular formula is C19H20N2O4. The fourth-order valence-electron chi connectivity index (χ4n) is 3.10. The number of amides is 1. The highest BCUT2D eigenvalue weighted by atomic mass is 16.5. The molecule has 0 bridgehead atoms. The van der Waals surface area contributed by atoms with Gasteiger partial charge in [0.1, 0.15) is 11.3 Å². The number of hydrogen-bond acceptors (Lipinski definition) is 4. The van der Waals surface area contributed by atoms with Crippen LogP contribution in [0.15, 0.2) is 29.1 Å². The first kappa shape index (κ1) is 17.0. The number of ketones is 1. The lowest BCUT2D eigenvalue weighted by Crippen LogP contribution is -2.29. The summed E-state index contributed by atoms with van der Waals surface area (Å²) in [5.41, 5.74) is 1.89. The number of anilines is 1. The van der Waals surface area contributed by atoms with E-state index in [4.69, 9.17) is 4.74 Å². The van der Waals surface area contributed by atoms with E-state index in [2.05, 4.69) is 10.3 Å². The average Bonchev–Trinajstić information content (AvgIpc) is 2.54. The summed E-state index contributed by atoms with van der Waals surface area (Å²) in [7, 11) is 1.51. The van der Waals surface area contributed by atoms with Gasteiger partial charge in [-0.15, -0.1) is 0 Å². The minimum Gasteiger partial charge on any atom is -0.495 e. The van der Waals surface area contributed by atoms with Crippen molar-refractivity contribution in [1.82, 2.24) is 4.98 Å². The van der Waals surface area contributed by atoms with Crippen LogP contribution in [0.3, 0.4) is 0 Å². The highest BCUT2D eigenvalue weighted by Gasteiger charge is 2.26. The zero-order valence-corrected chi connectivity index (χ0v) is 14.4. The average molecular weight is 340 g/mol. The number of aromatic nitrogens is 1. The van der Waals surface area contributed by atoms with E-state index in [-0.39, 0.29) is 17.3 Å². The number of pyridine rings is 1. The molecule has 1 aliphatic rings. The third-order valence-electron chi connectivity index (χ3n) is 4.36. The summed E-state index contributed by atoms with van der Waals surface area (Å²) < 4.78 is 5.23. The number of aryl methyl sites for hydroxylation is 1. The summed E-state index contributed by atoms with van der Waals surface area (Å²) in [5.74, 6) is 0.0664. The van der Waals surface area contributed by atoms with Crippen LogP contribution < -0.4 is 15.6 Å². The standard InChI is InChI=1S/C19H20N2O4/c1-10-4-5-17(25-3)15(6-10)21-19(24)13-9-12-14(20-18(13)23)7-11(2)8-16(12)22/h4-6,9,11H,7-8H2,1-3H3,(H,20,23)(H,21,24). The van der Waals surface area contributed by atoms with Crippen molar-refractivity contribution in [3.63, 3.8) is 0 Å². The van der Waals surface area contributed by atoms with E-state index in [1.807, 2.05) is 19.9 Å². The van der Waals surface area contributed by atoms with Crippen LogP contribution in [0.4, 0.5) is 5.69 Å². The molecule has 2 aromatic rings. The van der Waals surface area contributed by atoms with E-state index in [1.165, 1.54) is 13.2 Å². The van der Waals surface area contributed by atoms with Crippen molar-refractivity contribution >= 4 is 17.4 Å². The number of ether oxygens (including phenoxy) is 1. The molecule has 25 heavy (non-hydrogen) atoms. The first-order valence-electron chi connectivity index (χ1n) is 8.14. The maximum Gasteiger partial charge on any atom is 0.261 e. The number of benzene rings is 1. The maximum atomic E-state index is 12.6.